The highest BCUT2D eigenvalue weighted by atomic mass is 16.2. The lowest BCUT2D eigenvalue weighted by Crippen LogP contribution is -2.52. The van der Waals surface area contributed by atoms with Crippen molar-refractivity contribution in [2.24, 2.45) is 0 Å². The summed E-state index contributed by atoms with van der Waals surface area (Å²) in [6.45, 7) is 10.8. The fourth-order valence-corrected chi connectivity index (χ4v) is 3.45. The number of rotatable bonds is 3. The van der Waals surface area contributed by atoms with Crippen LogP contribution in [0.25, 0.3) is 0 Å². The second-order valence-corrected chi connectivity index (χ2v) is 6.93. The van der Waals surface area contributed by atoms with Crippen LogP contribution in [-0.4, -0.2) is 49.6 Å². The molecule has 1 saturated heterocycles. The molecular formula is C18H27N3O. The van der Waals surface area contributed by atoms with Gasteiger partial charge in [-0.2, -0.15) is 0 Å². The van der Waals surface area contributed by atoms with Crippen molar-refractivity contribution >= 4 is 11.6 Å². The van der Waals surface area contributed by atoms with Crippen LogP contribution in [0.3, 0.4) is 0 Å². The normalized spacial score (nSPS) is 22.2. The highest BCUT2D eigenvalue weighted by molar-refractivity contribution is 5.96. The molecule has 0 aliphatic carbocycles. The van der Waals surface area contributed by atoms with E-state index in [4.69, 9.17) is 0 Å². The Kier molecular flexibility index (Phi) is 4.50. The van der Waals surface area contributed by atoms with Crippen LogP contribution in [0, 0.1) is 0 Å². The van der Waals surface area contributed by atoms with Gasteiger partial charge in [-0.1, -0.05) is 26.0 Å². The summed E-state index contributed by atoms with van der Waals surface area (Å²) >= 11 is 0. The molecule has 1 N–H and O–H groups in total. The number of carbonyl (C=O) groups excluding carboxylic acids is 1. The summed E-state index contributed by atoms with van der Waals surface area (Å²) in [7, 11) is 0. The number of carbonyl (C=O) groups is 1. The lowest BCUT2D eigenvalue weighted by Gasteiger charge is -2.32. The average molecular weight is 301 g/mol. The van der Waals surface area contributed by atoms with E-state index in [0.717, 1.165) is 38.3 Å². The van der Waals surface area contributed by atoms with Gasteiger partial charge in [-0.15, -0.1) is 0 Å². The summed E-state index contributed by atoms with van der Waals surface area (Å²) in [5.41, 5.74) is 3.76. The van der Waals surface area contributed by atoms with Crippen LogP contribution in [0.4, 0.5) is 5.69 Å². The molecule has 2 heterocycles. The van der Waals surface area contributed by atoms with Crippen molar-refractivity contribution < 1.29 is 4.79 Å². The van der Waals surface area contributed by atoms with Crippen LogP contribution in [0.15, 0.2) is 18.2 Å². The molecule has 0 saturated carbocycles. The fourth-order valence-electron chi connectivity index (χ4n) is 3.45. The Bertz CT molecular complexity index is 555. The van der Waals surface area contributed by atoms with Crippen LogP contribution < -0.4 is 10.2 Å². The molecule has 1 atom stereocenters. The number of nitrogens with zero attached hydrogens (tertiary/aromatic N) is 2. The molecular weight excluding hydrogens is 274 g/mol. The summed E-state index contributed by atoms with van der Waals surface area (Å²) in [4.78, 5) is 17.0. The molecule has 1 amide bonds. The van der Waals surface area contributed by atoms with Crippen LogP contribution in [0.2, 0.25) is 0 Å². The Morgan fingerprint density at radius 1 is 1.36 bits per heavy atom. The van der Waals surface area contributed by atoms with Crippen molar-refractivity contribution in [2.45, 2.75) is 39.2 Å². The van der Waals surface area contributed by atoms with E-state index in [2.05, 4.69) is 49.2 Å². The summed E-state index contributed by atoms with van der Waals surface area (Å²) in [6, 6.07) is 7.09. The van der Waals surface area contributed by atoms with Gasteiger partial charge in [0.05, 0.1) is 6.54 Å². The van der Waals surface area contributed by atoms with Gasteiger partial charge in [-0.3, -0.25) is 9.69 Å². The summed E-state index contributed by atoms with van der Waals surface area (Å²) in [5, 5.41) is 3.42. The molecule has 2 aliphatic rings. The van der Waals surface area contributed by atoms with Gasteiger partial charge < -0.3 is 10.2 Å². The van der Waals surface area contributed by atoms with Gasteiger partial charge in [0.1, 0.15) is 0 Å². The lowest BCUT2D eigenvalue weighted by atomic mass is 10.0. The number of hydrogen-bond acceptors (Lipinski definition) is 3. The van der Waals surface area contributed by atoms with E-state index < -0.39 is 0 Å². The van der Waals surface area contributed by atoms with Crippen LogP contribution in [0.1, 0.15) is 37.8 Å². The second-order valence-electron chi connectivity index (χ2n) is 6.93. The minimum absolute atomic E-state index is 0.244. The number of amides is 1. The van der Waals surface area contributed by atoms with E-state index in [1.165, 1.54) is 11.1 Å². The van der Waals surface area contributed by atoms with E-state index in [9.17, 15) is 4.79 Å². The van der Waals surface area contributed by atoms with Gasteiger partial charge in [0.25, 0.3) is 0 Å². The molecule has 3 rings (SSSR count). The zero-order valence-corrected chi connectivity index (χ0v) is 13.9. The third-order valence-corrected chi connectivity index (χ3v) is 4.78. The number of nitrogens with one attached hydrogen (secondary N) is 1. The van der Waals surface area contributed by atoms with Crippen molar-refractivity contribution in [2.75, 3.05) is 37.6 Å². The Hall–Kier alpha value is -1.39. The molecule has 4 nitrogen and oxygen atoms in total. The fraction of sp³-hybridized carbons (Fsp3) is 0.611. The van der Waals surface area contributed by atoms with Crippen molar-refractivity contribution in [1.29, 1.82) is 0 Å². The molecule has 0 spiro atoms. The largest absolute Gasteiger partial charge is 0.312 e. The van der Waals surface area contributed by atoms with Crippen LogP contribution in [-0.2, 0) is 11.2 Å². The molecule has 2 aliphatic heterocycles. The van der Waals surface area contributed by atoms with Crippen LogP contribution >= 0.6 is 0 Å². The van der Waals surface area contributed by atoms with Crippen molar-refractivity contribution in [3.8, 4) is 0 Å². The molecule has 22 heavy (non-hydrogen) atoms. The minimum atomic E-state index is 0.244. The van der Waals surface area contributed by atoms with Gasteiger partial charge in [0.2, 0.25) is 5.91 Å². The molecule has 0 bridgehead atoms. The van der Waals surface area contributed by atoms with Gasteiger partial charge >= 0.3 is 0 Å². The highest BCUT2D eigenvalue weighted by Crippen LogP contribution is 2.31. The standard InChI is InChI=1S/C18H27N3O/c1-13(2)16-5-4-15-6-8-21(17(15)10-16)18(22)12-20-9-7-19-14(3)11-20/h4-5,10,13-14,19H,6-9,11-12H2,1-3H3/t14-/m1/s1. The van der Waals surface area contributed by atoms with Gasteiger partial charge in [-0.25, -0.2) is 0 Å². The van der Waals surface area contributed by atoms with E-state index >= 15 is 0 Å². The zero-order valence-electron chi connectivity index (χ0n) is 13.9. The van der Waals surface area contributed by atoms with Crippen LogP contribution in [0.5, 0.6) is 0 Å². The highest BCUT2D eigenvalue weighted by Gasteiger charge is 2.27. The molecule has 1 aromatic carbocycles. The second kappa shape index (κ2) is 6.39. The molecule has 120 valence electrons. The maximum atomic E-state index is 12.7. The summed E-state index contributed by atoms with van der Waals surface area (Å²) in [5.74, 6) is 0.741. The first-order valence-corrected chi connectivity index (χ1v) is 8.43. The third kappa shape index (κ3) is 3.18. The van der Waals surface area contributed by atoms with Gasteiger partial charge in [-0.05, 0) is 36.5 Å². The van der Waals surface area contributed by atoms with Gasteiger partial charge in [0, 0.05) is 37.9 Å². The van der Waals surface area contributed by atoms with Crippen molar-refractivity contribution in [1.82, 2.24) is 10.2 Å². The SMILES string of the molecule is CC(C)c1ccc2c(c1)N(C(=O)CN1CCN[C@H](C)C1)CC2. The number of fused-ring (bicyclic) bond motifs is 1. The third-order valence-electron chi connectivity index (χ3n) is 4.78. The molecule has 0 aromatic heterocycles. The minimum Gasteiger partial charge on any atom is -0.312 e. The predicted molar refractivity (Wildman–Crippen MR) is 90.5 cm³/mol. The van der Waals surface area contributed by atoms with Crippen molar-refractivity contribution in [3.05, 3.63) is 29.3 Å². The Balaban J connectivity index is 1.71. The van der Waals surface area contributed by atoms with Gasteiger partial charge in [0.15, 0.2) is 0 Å². The average Bonchev–Trinajstić information content (AvgIpc) is 2.90. The number of piperazine rings is 1. The maximum Gasteiger partial charge on any atom is 0.241 e. The topological polar surface area (TPSA) is 35.6 Å². The number of hydrogen-bond donors (Lipinski definition) is 1. The number of benzene rings is 1. The predicted octanol–water partition coefficient (Wildman–Crippen LogP) is 1.99. The molecule has 1 aromatic rings. The molecule has 0 radical (unpaired) electrons. The Labute approximate surface area is 133 Å². The smallest absolute Gasteiger partial charge is 0.241 e. The lowest BCUT2D eigenvalue weighted by molar-refractivity contribution is -0.119. The van der Waals surface area contributed by atoms with E-state index in [-0.39, 0.29) is 5.91 Å². The molecule has 0 unspecified atom stereocenters. The van der Waals surface area contributed by atoms with Crippen molar-refractivity contribution in [3.63, 3.8) is 0 Å². The van der Waals surface area contributed by atoms with E-state index in [1.54, 1.807) is 0 Å². The number of anilines is 1. The van der Waals surface area contributed by atoms with E-state index in [1.807, 2.05) is 4.90 Å². The quantitative estimate of drug-likeness (QED) is 0.927. The zero-order chi connectivity index (χ0) is 15.7. The Morgan fingerprint density at radius 3 is 2.91 bits per heavy atom. The molecule has 1 fully saturated rings. The van der Waals surface area contributed by atoms with E-state index in [0.29, 0.717) is 18.5 Å². The Morgan fingerprint density at radius 2 is 2.18 bits per heavy atom. The first-order valence-electron chi connectivity index (χ1n) is 8.43. The molecule has 4 heteroatoms. The monoisotopic (exact) mass is 301 g/mol. The maximum absolute atomic E-state index is 12.7. The summed E-state index contributed by atoms with van der Waals surface area (Å²) in [6.07, 6.45) is 0.984. The summed E-state index contributed by atoms with van der Waals surface area (Å²) < 4.78 is 0. The first-order chi connectivity index (χ1) is 10.5. The first kappa shape index (κ1) is 15.5.